The Balaban J connectivity index is 1.25. The number of amides is 2. The number of rotatable bonds is 6. The zero-order valence-electron chi connectivity index (χ0n) is 17.7. The lowest BCUT2D eigenvalue weighted by molar-refractivity contribution is -0.125. The Kier molecular flexibility index (Phi) is 6.28. The van der Waals surface area contributed by atoms with Crippen molar-refractivity contribution < 1.29 is 23.5 Å². The molecule has 2 amide bonds. The van der Waals surface area contributed by atoms with Crippen LogP contribution in [0.25, 0.3) is 10.2 Å². The van der Waals surface area contributed by atoms with E-state index in [1.165, 1.54) is 34.5 Å². The van der Waals surface area contributed by atoms with Gasteiger partial charge in [-0.1, -0.05) is 23.9 Å². The van der Waals surface area contributed by atoms with Gasteiger partial charge in [0.1, 0.15) is 16.2 Å². The molecule has 0 atom stereocenters. The van der Waals surface area contributed by atoms with Crippen molar-refractivity contribution in [3.8, 4) is 0 Å². The minimum absolute atomic E-state index is 0.0401. The summed E-state index contributed by atoms with van der Waals surface area (Å²) in [6.07, 6.45) is 6.08. The second-order valence-corrected chi connectivity index (χ2v) is 9.48. The highest BCUT2D eigenvalue weighted by Crippen LogP contribution is 2.42. The summed E-state index contributed by atoms with van der Waals surface area (Å²) in [5.41, 5.74) is 5.98. The lowest BCUT2D eigenvalue weighted by Crippen LogP contribution is -2.43. The molecule has 5 rings (SSSR count). The van der Waals surface area contributed by atoms with Crippen LogP contribution in [0.5, 0.6) is 0 Å². The molecule has 11 heteroatoms. The van der Waals surface area contributed by atoms with Gasteiger partial charge in [-0.2, -0.15) is 0 Å². The van der Waals surface area contributed by atoms with Crippen LogP contribution in [-0.4, -0.2) is 34.4 Å². The monoisotopic (exact) mass is 494 g/mol. The van der Waals surface area contributed by atoms with E-state index in [2.05, 4.69) is 20.8 Å². The predicted octanol–water partition coefficient (Wildman–Crippen LogP) is 3.54. The van der Waals surface area contributed by atoms with Gasteiger partial charge in [-0.05, 0) is 49.1 Å². The van der Waals surface area contributed by atoms with E-state index in [1.807, 2.05) is 12.1 Å². The van der Waals surface area contributed by atoms with Crippen LogP contribution in [-0.2, 0) is 22.4 Å². The van der Waals surface area contributed by atoms with Crippen LogP contribution in [0, 0.1) is 0 Å². The van der Waals surface area contributed by atoms with Gasteiger partial charge in [0.25, 0.3) is 5.91 Å². The molecule has 3 aromatic heterocycles. The minimum Gasteiger partial charge on any atom is -0.459 e. The third kappa shape index (κ3) is 4.52. The molecule has 34 heavy (non-hydrogen) atoms. The smallest absolute Gasteiger partial charge is 0.339 e. The maximum absolute atomic E-state index is 12.7. The molecule has 0 fully saturated rings. The van der Waals surface area contributed by atoms with Crippen molar-refractivity contribution in [1.82, 2.24) is 20.8 Å². The number of ether oxygens (including phenoxy) is 1. The van der Waals surface area contributed by atoms with Gasteiger partial charge in [-0.3, -0.25) is 20.4 Å². The molecule has 0 radical (unpaired) electrons. The highest BCUT2D eigenvalue weighted by atomic mass is 32.2. The molecule has 3 heterocycles. The molecule has 0 saturated carbocycles. The lowest BCUT2D eigenvalue weighted by atomic mass is 10.2. The fraction of sp³-hybridized carbons (Fsp3) is 0.174. The maximum Gasteiger partial charge on any atom is 0.339 e. The summed E-state index contributed by atoms with van der Waals surface area (Å²) < 4.78 is 10.1. The number of aryl methyl sites for hydroxylation is 2. The van der Waals surface area contributed by atoms with Gasteiger partial charge in [0, 0.05) is 15.2 Å². The molecular weight excluding hydrogens is 476 g/mol. The zero-order valence-corrected chi connectivity index (χ0v) is 19.3. The number of hydrogen-bond acceptors (Lipinski definition) is 9. The number of furan rings is 1. The van der Waals surface area contributed by atoms with E-state index in [1.54, 1.807) is 35.9 Å². The van der Waals surface area contributed by atoms with E-state index in [0.717, 1.165) is 34.5 Å². The quantitative estimate of drug-likeness (QED) is 0.237. The number of esters is 1. The van der Waals surface area contributed by atoms with E-state index in [4.69, 9.17) is 9.15 Å². The van der Waals surface area contributed by atoms with Crippen molar-refractivity contribution in [3.05, 3.63) is 70.8 Å². The molecule has 9 nitrogen and oxygen atoms in total. The third-order valence-corrected chi connectivity index (χ3v) is 7.45. The second-order valence-electron chi connectivity index (χ2n) is 7.37. The molecule has 2 N–H and O–H groups in total. The van der Waals surface area contributed by atoms with Crippen LogP contribution < -0.4 is 10.9 Å². The average molecular weight is 495 g/mol. The first-order valence-corrected chi connectivity index (χ1v) is 12.1. The first-order valence-electron chi connectivity index (χ1n) is 10.4. The fourth-order valence-electron chi connectivity index (χ4n) is 3.65. The van der Waals surface area contributed by atoms with Crippen LogP contribution in [0.1, 0.15) is 37.8 Å². The fourth-order valence-corrected chi connectivity index (χ4v) is 5.98. The van der Waals surface area contributed by atoms with Crippen LogP contribution in [0.4, 0.5) is 0 Å². The summed E-state index contributed by atoms with van der Waals surface area (Å²) in [5, 5.41) is 1.85. The molecule has 0 saturated heterocycles. The standard InChI is InChI=1S/C23H18N4O5S2/c28-18(26-27-20(29)15-7-4-10-31-15)11-32-23(30)14-5-1-2-8-17(14)34-22-19-13-6-3-9-16(13)33-21(19)24-12-25-22/h1-2,4-5,7-8,10,12H,3,6,9,11H2,(H,26,28)(H,27,29). The number of thiophene rings is 1. The third-order valence-electron chi connectivity index (χ3n) is 5.17. The van der Waals surface area contributed by atoms with Crippen molar-refractivity contribution in [1.29, 1.82) is 0 Å². The largest absolute Gasteiger partial charge is 0.459 e. The van der Waals surface area contributed by atoms with Gasteiger partial charge >= 0.3 is 11.9 Å². The SMILES string of the molecule is O=C(COC(=O)c1ccccc1Sc1ncnc2sc3c(c12)CCC3)NNC(=O)c1ccco1. The Morgan fingerprint density at radius 2 is 1.97 bits per heavy atom. The molecular formula is C23H18N4O5S2. The van der Waals surface area contributed by atoms with Crippen molar-refractivity contribution in [2.75, 3.05) is 6.61 Å². The molecule has 1 aromatic carbocycles. The number of nitrogens with one attached hydrogen (secondary N) is 2. The topological polar surface area (TPSA) is 123 Å². The number of fused-ring (bicyclic) bond motifs is 3. The molecule has 1 aliphatic rings. The van der Waals surface area contributed by atoms with Gasteiger partial charge in [-0.25, -0.2) is 14.8 Å². The number of carbonyl (C=O) groups excluding carboxylic acids is 3. The Labute approximate surface area is 201 Å². The maximum atomic E-state index is 12.7. The van der Waals surface area contributed by atoms with Crippen molar-refractivity contribution in [2.24, 2.45) is 0 Å². The van der Waals surface area contributed by atoms with E-state index in [-0.39, 0.29) is 5.76 Å². The van der Waals surface area contributed by atoms with E-state index < -0.39 is 24.4 Å². The van der Waals surface area contributed by atoms with E-state index in [9.17, 15) is 14.4 Å². The molecule has 1 aliphatic carbocycles. The van der Waals surface area contributed by atoms with Gasteiger partial charge in [0.2, 0.25) is 0 Å². The van der Waals surface area contributed by atoms with E-state index >= 15 is 0 Å². The number of hydrazine groups is 1. The summed E-state index contributed by atoms with van der Waals surface area (Å²) in [7, 11) is 0. The number of benzene rings is 1. The highest BCUT2D eigenvalue weighted by Gasteiger charge is 2.23. The van der Waals surface area contributed by atoms with Crippen LogP contribution in [0.2, 0.25) is 0 Å². The summed E-state index contributed by atoms with van der Waals surface area (Å²) in [6.45, 7) is -0.563. The Bertz CT molecular complexity index is 1380. The van der Waals surface area contributed by atoms with Gasteiger partial charge in [0.05, 0.1) is 11.8 Å². The molecule has 0 unspecified atom stereocenters. The molecule has 172 valence electrons. The lowest BCUT2D eigenvalue weighted by Gasteiger charge is -2.10. The molecule has 4 aromatic rings. The van der Waals surface area contributed by atoms with Crippen LogP contribution in [0.3, 0.4) is 0 Å². The van der Waals surface area contributed by atoms with Crippen LogP contribution in [0.15, 0.2) is 63.3 Å². The predicted molar refractivity (Wildman–Crippen MR) is 125 cm³/mol. The van der Waals surface area contributed by atoms with Gasteiger partial charge in [-0.15, -0.1) is 11.3 Å². The summed E-state index contributed by atoms with van der Waals surface area (Å²) in [5.74, 6) is -1.93. The van der Waals surface area contributed by atoms with Crippen molar-refractivity contribution >= 4 is 51.1 Å². The summed E-state index contributed by atoms with van der Waals surface area (Å²) in [4.78, 5) is 48.4. The highest BCUT2D eigenvalue weighted by molar-refractivity contribution is 7.99. The van der Waals surface area contributed by atoms with Crippen molar-refractivity contribution in [3.63, 3.8) is 0 Å². The Morgan fingerprint density at radius 3 is 2.82 bits per heavy atom. The summed E-state index contributed by atoms with van der Waals surface area (Å²) >= 11 is 3.08. The van der Waals surface area contributed by atoms with E-state index in [0.29, 0.717) is 10.5 Å². The van der Waals surface area contributed by atoms with Crippen LogP contribution >= 0.6 is 23.1 Å². The number of hydrogen-bond donors (Lipinski definition) is 2. The summed E-state index contributed by atoms with van der Waals surface area (Å²) in [6, 6.07) is 10.00. The zero-order chi connectivity index (χ0) is 23.5. The second kappa shape index (κ2) is 9.65. The molecule has 0 spiro atoms. The first-order chi connectivity index (χ1) is 16.6. The normalized spacial score (nSPS) is 12.4. The Morgan fingerprint density at radius 1 is 1.09 bits per heavy atom. The molecule has 0 bridgehead atoms. The van der Waals surface area contributed by atoms with Crippen molar-refractivity contribution in [2.45, 2.75) is 29.2 Å². The number of nitrogens with zero attached hydrogens (tertiary/aromatic N) is 2. The Hall–Kier alpha value is -3.70. The first kappa shape index (κ1) is 22.1. The molecule has 0 aliphatic heterocycles. The number of carbonyl (C=O) groups is 3. The minimum atomic E-state index is -0.690. The van der Waals surface area contributed by atoms with Gasteiger partial charge < -0.3 is 9.15 Å². The van der Waals surface area contributed by atoms with Gasteiger partial charge in [0.15, 0.2) is 12.4 Å². The number of aromatic nitrogens is 2. The average Bonchev–Trinajstić information content (AvgIpc) is 3.59.